The number of carbonyl (C=O) groups is 1. The summed E-state index contributed by atoms with van der Waals surface area (Å²) in [6.45, 7) is 9.75. The number of aliphatic hydroxyl groups is 1. The number of carbonyl (C=O) groups excluding carboxylic acids is 1. The number of alkyl halides is 3. The highest BCUT2D eigenvalue weighted by molar-refractivity contribution is 9.10. The minimum Gasteiger partial charge on any atom is -0.485 e. The zero-order valence-corrected chi connectivity index (χ0v) is 21.0. The number of rotatable bonds is 7. The van der Waals surface area contributed by atoms with Crippen LogP contribution in [-0.2, 0) is 15.1 Å². The van der Waals surface area contributed by atoms with Crippen molar-refractivity contribution in [2.24, 2.45) is 0 Å². The van der Waals surface area contributed by atoms with Crippen LogP contribution in [0.1, 0.15) is 46.1 Å². The van der Waals surface area contributed by atoms with Crippen molar-refractivity contribution < 1.29 is 32.5 Å². The number of hydrogen-bond acceptors (Lipinski definition) is 5. The molecule has 6 nitrogen and oxygen atoms in total. The number of amides is 1. The Bertz CT molecular complexity index is 843. The molecule has 2 saturated heterocycles. The quantitative estimate of drug-likeness (QED) is 0.568. The first-order chi connectivity index (χ1) is 15.1. The number of ether oxygens (including phenoxy) is 2. The molecule has 2 aliphatic heterocycles. The molecular weight excluding hydrogens is 505 g/mol. The van der Waals surface area contributed by atoms with Crippen molar-refractivity contribution >= 4 is 21.8 Å². The highest BCUT2D eigenvalue weighted by Crippen LogP contribution is 2.33. The van der Waals surface area contributed by atoms with Crippen molar-refractivity contribution in [1.29, 1.82) is 0 Å². The molecule has 0 aromatic heterocycles. The topological polar surface area (TPSA) is 62.2 Å². The second-order valence-electron chi connectivity index (χ2n) is 10.0. The molecule has 10 heteroatoms. The van der Waals surface area contributed by atoms with Crippen LogP contribution in [0, 0.1) is 0 Å². The van der Waals surface area contributed by atoms with Gasteiger partial charge in [0.05, 0.1) is 22.3 Å². The third-order valence-electron chi connectivity index (χ3n) is 5.91. The van der Waals surface area contributed by atoms with E-state index in [1.807, 2.05) is 32.0 Å². The van der Waals surface area contributed by atoms with E-state index in [1.54, 1.807) is 13.8 Å². The molecule has 1 amide bonds. The Hall–Kier alpha value is -1.36. The van der Waals surface area contributed by atoms with Crippen LogP contribution >= 0.6 is 15.9 Å². The Morgan fingerprint density at radius 3 is 2.24 bits per heavy atom. The molecule has 2 heterocycles. The van der Waals surface area contributed by atoms with Crippen molar-refractivity contribution in [2.45, 2.75) is 70.1 Å². The van der Waals surface area contributed by atoms with Gasteiger partial charge in [-0.3, -0.25) is 9.69 Å². The van der Waals surface area contributed by atoms with Gasteiger partial charge in [-0.15, -0.1) is 0 Å². The van der Waals surface area contributed by atoms with Gasteiger partial charge in [0.1, 0.15) is 11.4 Å². The first kappa shape index (κ1) is 26.2. The molecule has 3 rings (SSSR count). The van der Waals surface area contributed by atoms with Gasteiger partial charge >= 0.3 is 12.1 Å². The van der Waals surface area contributed by atoms with Gasteiger partial charge in [-0.1, -0.05) is 6.07 Å². The second-order valence-corrected chi connectivity index (χ2v) is 10.9. The molecule has 186 valence electrons. The number of nitrogens with zero attached hydrogens (tertiary/aromatic N) is 2. The molecule has 2 fully saturated rings. The highest BCUT2D eigenvalue weighted by Gasteiger charge is 2.44. The summed E-state index contributed by atoms with van der Waals surface area (Å²) in [7, 11) is 0. The average molecular weight is 537 g/mol. The minimum atomic E-state index is -4.82. The Morgan fingerprint density at radius 1 is 1.12 bits per heavy atom. The van der Waals surface area contributed by atoms with Gasteiger partial charge in [0.25, 0.3) is 0 Å². The summed E-state index contributed by atoms with van der Waals surface area (Å²) in [5.74, 6) is -1.07. The van der Waals surface area contributed by atoms with Gasteiger partial charge in [-0.05, 0) is 74.2 Å². The number of likely N-dealkylation sites (tertiary alicyclic amines) is 2. The van der Waals surface area contributed by atoms with Crippen LogP contribution in [0.2, 0.25) is 0 Å². The summed E-state index contributed by atoms with van der Waals surface area (Å²) >= 11 is 3.52. The molecule has 0 radical (unpaired) electrons. The van der Waals surface area contributed by atoms with Crippen molar-refractivity contribution in [1.82, 2.24) is 9.80 Å². The van der Waals surface area contributed by atoms with E-state index in [1.165, 1.54) is 0 Å². The predicted molar refractivity (Wildman–Crippen MR) is 121 cm³/mol. The van der Waals surface area contributed by atoms with Crippen molar-refractivity contribution in [2.75, 3.05) is 32.7 Å². The average Bonchev–Trinajstić information content (AvgIpc) is 2.66. The minimum absolute atomic E-state index is 0.0356. The number of hydrogen-bond donors (Lipinski definition) is 1. The van der Waals surface area contributed by atoms with E-state index in [-0.39, 0.29) is 25.3 Å². The summed E-state index contributed by atoms with van der Waals surface area (Å²) in [6, 6.07) is 5.54. The van der Waals surface area contributed by atoms with E-state index in [0.29, 0.717) is 25.1 Å². The lowest BCUT2D eigenvalue weighted by molar-refractivity contribution is -0.188. The summed E-state index contributed by atoms with van der Waals surface area (Å²) in [5.41, 5.74) is -0.614. The van der Waals surface area contributed by atoms with E-state index < -0.39 is 23.3 Å². The Morgan fingerprint density at radius 2 is 1.73 bits per heavy atom. The first-order valence-electron chi connectivity index (χ1n) is 11.1. The Balaban J connectivity index is 1.41. The van der Waals surface area contributed by atoms with E-state index in [9.17, 15) is 23.1 Å². The molecule has 1 aromatic rings. The van der Waals surface area contributed by atoms with Gasteiger partial charge < -0.3 is 19.5 Å². The lowest BCUT2D eigenvalue weighted by Gasteiger charge is -2.45. The standard InChI is InChI=1S/C23H32BrF3N2O4/c1-21(2,33-19-6-5-15(11-18(19)24)22(3,4)31)14-28-12-17(13-28)32-16-7-9-29(10-8-16)20(30)23(25,26)27/h5-6,11,16-17,31H,7-10,12-14H2,1-4H3. The third-order valence-corrected chi connectivity index (χ3v) is 6.53. The maximum absolute atomic E-state index is 12.6. The molecule has 0 unspecified atom stereocenters. The van der Waals surface area contributed by atoms with Gasteiger partial charge in [-0.2, -0.15) is 13.2 Å². The number of benzene rings is 1. The Kier molecular flexibility index (Phi) is 7.73. The van der Waals surface area contributed by atoms with Crippen LogP contribution in [0.25, 0.3) is 0 Å². The predicted octanol–water partition coefficient (Wildman–Crippen LogP) is 4.09. The van der Waals surface area contributed by atoms with E-state index in [2.05, 4.69) is 20.8 Å². The van der Waals surface area contributed by atoms with Crippen LogP contribution in [0.5, 0.6) is 5.75 Å². The van der Waals surface area contributed by atoms with Crippen molar-refractivity contribution in [3.8, 4) is 5.75 Å². The molecule has 0 aliphatic carbocycles. The fraction of sp³-hybridized carbons (Fsp3) is 0.696. The molecule has 0 atom stereocenters. The van der Waals surface area contributed by atoms with Crippen LogP contribution in [0.3, 0.4) is 0 Å². The number of halogens is 4. The zero-order chi connectivity index (χ0) is 24.6. The molecule has 0 spiro atoms. The molecule has 1 aromatic carbocycles. The molecule has 0 bridgehead atoms. The van der Waals surface area contributed by atoms with Crippen LogP contribution in [0.4, 0.5) is 13.2 Å². The molecule has 2 aliphatic rings. The van der Waals surface area contributed by atoms with Crippen LogP contribution in [0.15, 0.2) is 22.7 Å². The van der Waals surface area contributed by atoms with Crippen molar-refractivity contribution in [3.05, 3.63) is 28.2 Å². The SMILES string of the molecule is CC(C)(CN1CC(OC2CCN(C(=O)C(F)(F)F)CC2)C1)Oc1ccc(C(C)(C)O)cc1Br. The van der Waals surface area contributed by atoms with E-state index in [4.69, 9.17) is 9.47 Å². The maximum Gasteiger partial charge on any atom is 0.471 e. The number of piperidine rings is 1. The molecule has 1 N–H and O–H groups in total. The summed E-state index contributed by atoms with van der Waals surface area (Å²) in [6.07, 6.45) is -4.06. The third kappa shape index (κ3) is 7.07. The molecular formula is C23H32BrF3N2O4. The van der Waals surface area contributed by atoms with Gasteiger partial charge in [0.15, 0.2) is 0 Å². The van der Waals surface area contributed by atoms with E-state index >= 15 is 0 Å². The normalized spacial score (nSPS) is 19.5. The smallest absolute Gasteiger partial charge is 0.471 e. The molecule has 33 heavy (non-hydrogen) atoms. The zero-order valence-electron chi connectivity index (χ0n) is 19.4. The van der Waals surface area contributed by atoms with Gasteiger partial charge in [0, 0.05) is 32.7 Å². The van der Waals surface area contributed by atoms with Gasteiger partial charge in [0.2, 0.25) is 0 Å². The van der Waals surface area contributed by atoms with Crippen LogP contribution in [-0.4, -0.2) is 77.5 Å². The second kappa shape index (κ2) is 9.71. The first-order valence-corrected chi connectivity index (χ1v) is 11.9. The largest absolute Gasteiger partial charge is 0.485 e. The summed E-state index contributed by atoms with van der Waals surface area (Å²) in [5, 5.41) is 10.2. The fourth-order valence-corrected chi connectivity index (χ4v) is 4.68. The summed E-state index contributed by atoms with van der Waals surface area (Å²) in [4.78, 5) is 14.4. The van der Waals surface area contributed by atoms with Crippen LogP contribution < -0.4 is 4.74 Å². The lowest BCUT2D eigenvalue weighted by Crippen LogP contribution is -2.58. The van der Waals surface area contributed by atoms with Crippen molar-refractivity contribution in [3.63, 3.8) is 0 Å². The maximum atomic E-state index is 12.6. The fourth-order valence-electron chi connectivity index (χ4n) is 4.22. The Labute approximate surface area is 201 Å². The molecule has 0 saturated carbocycles. The van der Waals surface area contributed by atoms with Gasteiger partial charge in [-0.25, -0.2) is 0 Å². The summed E-state index contributed by atoms with van der Waals surface area (Å²) < 4.78 is 50.7. The monoisotopic (exact) mass is 536 g/mol. The highest BCUT2D eigenvalue weighted by atomic mass is 79.9. The van der Waals surface area contributed by atoms with E-state index in [0.717, 1.165) is 28.0 Å². The lowest BCUT2D eigenvalue weighted by atomic mass is 9.98.